The van der Waals surface area contributed by atoms with E-state index in [4.69, 9.17) is 0 Å². The van der Waals surface area contributed by atoms with Gasteiger partial charge in [0.15, 0.2) is 0 Å². The van der Waals surface area contributed by atoms with Crippen LogP contribution in [-0.2, 0) is 0 Å². The first-order chi connectivity index (χ1) is 7.79. The third-order valence-electron chi connectivity index (χ3n) is 2.37. The maximum absolute atomic E-state index is 12.5. The quantitative estimate of drug-likeness (QED) is 0.852. The number of aliphatic hydroxyl groups is 1. The van der Waals surface area contributed by atoms with Crippen LogP contribution in [0.2, 0.25) is 0 Å². The summed E-state index contributed by atoms with van der Waals surface area (Å²) in [4.78, 5) is 0. The van der Waals surface area contributed by atoms with Crippen molar-refractivity contribution in [1.29, 1.82) is 0 Å². The Kier molecular flexibility index (Phi) is 4.60. The van der Waals surface area contributed by atoms with Crippen molar-refractivity contribution in [3.8, 4) is 0 Å². The van der Waals surface area contributed by atoms with Gasteiger partial charge in [0.1, 0.15) is 0 Å². The van der Waals surface area contributed by atoms with E-state index in [9.17, 15) is 13.9 Å². The van der Waals surface area contributed by atoms with Crippen molar-refractivity contribution in [2.45, 2.75) is 38.8 Å². The Labute approximate surface area is 101 Å². The maximum Gasteiger partial charge on any atom is 0.263 e. The Hall–Kier alpha value is -1.00. The zero-order chi connectivity index (χ0) is 13.1. The van der Waals surface area contributed by atoms with Gasteiger partial charge in [-0.3, -0.25) is 0 Å². The summed E-state index contributed by atoms with van der Waals surface area (Å²) in [5, 5.41) is 13.0. The number of nitrogens with one attached hydrogen (secondary N) is 1. The van der Waals surface area contributed by atoms with Crippen LogP contribution in [0, 0.1) is 0 Å². The zero-order valence-corrected chi connectivity index (χ0v) is 10.4. The normalized spacial score (nSPS) is 14.1. The van der Waals surface area contributed by atoms with Gasteiger partial charge in [0.2, 0.25) is 0 Å². The van der Waals surface area contributed by atoms with E-state index < -0.39 is 12.5 Å². The Balaban J connectivity index is 2.69. The fourth-order valence-electron chi connectivity index (χ4n) is 1.42. The van der Waals surface area contributed by atoms with E-state index >= 15 is 0 Å². The standard InChI is InChI=1S/C13H19F2NO/c1-13(2,3)16-8-11(17)9-5-4-6-10(7-9)12(14)15/h4-7,11-12,16-17H,8H2,1-3H3. The molecule has 96 valence electrons. The molecule has 0 aliphatic rings. The summed E-state index contributed by atoms with van der Waals surface area (Å²) in [6, 6.07) is 5.90. The summed E-state index contributed by atoms with van der Waals surface area (Å²) < 4.78 is 25.0. The van der Waals surface area contributed by atoms with Crippen LogP contribution in [0.3, 0.4) is 0 Å². The summed E-state index contributed by atoms with van der Waals surface area (Å²) >= 11 is 0. The van der Waals surface area contributed by atoms with Gasteiger partial charge in [-0.05, 0) is 32.4 Å². The second-order valence-corrected chi connectivity index (χ2v) is 5.12. The largest absolute Gasteiger partial charge is 0.387 e. The lowest BCUT2D eigenvalue weighted by molar-refractivity contribution is 0.148. The first-order valence-electron chi connectivity index (χ1n) is 5.61. The van der Waals surface area contributed by atoms with Gasteiger partial charge in [-0.25, -0.2) is 8.78 Å². The molecule has 2 N–H and O–H groups in total. The van der Waals surface area contributed by atoms with Gasteiger partial charge in [0.05, 0.1) is 6.10 Å². The third kappa shape index (κ3) is 4.79. The Morgan fingerprint density at radius 1 is 1.24 bits per heavy atom. The fraction of sp³-hybridized carbons (Fsp3) is 0.538. The lowest BCUT2D eigenvalue weighted by atomic mass is 10.0. The molecule has 1 aromatic rings. The summed E-state index contributed by atoms with van der Waals surface area (Å²) in [5.41, 5.74) is 0.346. The molecule has 0 saturated carbocycles. The highest BCUT2D eigenvalue weighted by Crippen LogP contribution is 2.22. The van der Waals surface area contributed by atoms with E-state index in [2.05, 4.69) is 5.32 Å². The van der Waals surface area contributed by atoms with Crippen LogP contribution in [0.15, 0.2) is 24.3 Å². The van der Waals surface area contributed by atoms with Crippen LogP contribution in [0.5, 0.6) is 0 Å². The van der Waals surface area contributed by atoms with E-state index in [0.717, 1.165) is 0 Å². The molecule has 0 aromatic heterocycles. The molecule has 0 amide bonds. The first-order valence-corrected chi connectivity index (χ1v) is 5.61. The number of β-amino-alcohol motifs (C(OH)–C–C–N with tert-alkyl or cyclic N) is 1. The smallest absolute Gasteiger partial charge is 0.263 e. The van der Waals surface area contributed by atoms with Crippen LogP contribution in [0.25, 0.3) is 0 Å². The van der Waals surface area contributed by atoms with Gasteiger partial charge in [-0.1, -0.05) is 18.2 Å². The number of aliphatic hydroxyl groups excluding tert-OH is 1. The van der Waals surface area contributed by atoms with Crippen molar-refractivity contribution >= 4 is 0 Å². The topological polar surface area (TPSA) is 32.3 Å². The predicted octanol–water partition coefficient (Wildman–Crippen LogP) is 3.05. The van der Waals surface area contributed by atoms with Gasteiger partial charge >= 0.3 is 0 Å². The van der Waals surface area contributed by atoms with Crippen molar-refractivity contribution < 1.29 is 13.9 Å². The number of alkyl halides is 2. The minimum absolute atomic E-state index is 0.0580. The molecule has 0 radical (unpaired) electrons. The van der Waals surface area contributed by atoms with Crippen molar-refractivity contribution in [1.82, 2.24) is 5.32 Å². The monoisotopic (exact) mass is 243 g/mol. The fourth-order valence-corrected chi connectivity index (χ4v) is 1.42. The number of rotatable bonds is 4. The van der Waals surface area contributed by atoms with Crippen molar-refractivity contribution in [3.05, 3.63) is 35.4 Å². The Bertz CT molecular complexity index is 361. The number of hydrogen-bond acceptors (Lipinski definition) is 2. The molecule has 0 spiro atoms. The molecule has 0 fully saturated rings. The van der Waals surface area contributed by atoms with Crippen LogP contribution >= 0.6 is 0 Å². The average molecular weight is 243 g/mol. The highest BCUT2D eigenvalue weighted by Gasteiger charge is 2.15. The molecule has 0 aliphatic heterocycles. The number of hydrogen-bond donors (Lipinski definition) is 2. The van der Waals surface area contributed by atoms with Gasteiger partial charge in [0, 0.05) is 17.6 Å². The molecule has 0 aliphatic carbocycles. The first kappa shape index (κ1) is 14.1. The summed E-state index contributed by atoms with van der Waals surface area (Å²) in [6.07, 6.45) is -3.27. The van der Waals surface area contributed by atoms with Gasteiger partial charge in [0.25, 0.3) is 6.43 Å². The van der Waals surface area contributed by atoms with E-state index in [1.54, 1.807) is 6.07 Å². The molecule has 0 heterocycles. The second-order valence-electron chi connectivity index (χ2n) is 5.12. The second kappa shape index (κ2) is 5.56. The molecule has 17 heavy (non-hydrogen) atoms. The van der Waals surface area contributed by atoms with Crippen molar-refractivity contribution in [2.24, 2.45) is 0 Å². The summed E-state index contributed by atoms with van der Waals surface area (Å²) in [5.74, 6) is 0. The van der Waals surface area contributed by atoms with Crippen molar-refractivity contribution in [3.63, 3.8) is 0 Å². The molecule has 0 saturated heterocycles. The SMILES string of the molecule is CC(C)(C)NCC(O)c1cccc(C(F)F)c1. The van der Waals surface area contributed by atoms with Crippen LogP contribution in [0.1, 0.15) is 44.4 Å². The highest BCUT2D eigenvalue weighted by molar-refractivity contribution is 5.26. The highest BCUT2D eigenvalue weighted by atomic mass is 19.3. The lowest BCUT2D eigenvalue weighted by Gasteiger charge is -2.23. The zero-order valence-electron chi connectivity index (χ0n) is 10.4. The molecule has 4 heteroatoms. The minimum atomic E-state index is -2.50. The Morgan fingerprint density at radius 2 is 1.82 bits per heavy atom. The molecule has 1 aromatic carbocycles. The van der Waals surface area contributed by atoms with E-state index in [1.165, 1.54) is 18.2 Å². The van der Waals surface area contributed by atoms with E-state index in [1.807, 2.05) is 20.8 Å². The lowest BCUT2D eigenvalue weighted by Crippen LogP contribution is -2.38. The Morgan fingerprint density at radius 3 is 2.35 bits per heavy atom. The molecular formula is C13H19F2NO. The number of benzene rings is 1. The van der Waals surface area contributed by atoms with E-state index in [-0.39, 0.29) is 11.1 Å². The molecule has 1 atom stereocenters. The van der Waals surface area contributed by atoms with Gasteiger partial charge < -0.3 is 10.4 Å². The van der Waals surface area contributed by atoms with Gasteiger partial charge in [-0.2, -0.15) is 0 Å². The minimum Gasteiger partial charge on any atom is -0.387 e. The van der Waals surface area contributed by atoms with Gasteiger partial charge in [-0.15, -0.1) is 0 Å². The van der Waals surface area contributed by atoms with Crippen LogP contribution in [-0.4, -0.2) is 17.2 Å². The van der Waals surface area contributed by atoms with Crippen LogP contribution in [0.4, 0.5) is 8.78 Å². The average Bonchev–Trinajstić information content (AvgIpc) is 2.25. The summed E-state index contributed by atoms with van der Waals surface area (Å²) in [7, 11) is 0. The molecule has 2 nitrogen and oxygen atoms in total. The molecule has 1 unspecified atom stereocenters. The van der Waals surface area contributed by atoms with E-state index in [0.29, 0.717) is 12.1 Å². The molecule has 0 bridgehead atoms. The third-order valence-corrected chi connectivity index (χ3v) is 2.37. The number of halogens is 2. The predicted molar refractivity (Wildman–Crippen MR) is 64.1 cm³/mol. The maximum atomic E-state index is 12.5. The molecule has 1 rings (SSSR count). The van der Waals surface area contributed by atoms with Crippen LogP contribution < -0.4 is 5.32 Å². The van der Waals surface area contributed by atoms with Crippen molar-refractivity contribution in [2.75, 3.05) is 6.54 Å². The molecular weight excluding hydrogens is 224 g/mol. The summed E-state index contributed by atoms with van der Waals surface area (Å²) in [6.45, 7) is 6.29.